The fourth-order valence-electron chi connectivity index (χ4n) is 1.61. The van der Waals surface area contributed by atoms with Crippen molar-refractivity contribution in [3.63, 3.8) is 0 Å². The summed E-state index contributed by atoms with van der Waals surface area (Å²) < 4.78 is 0. The quantitative estimate of drug-likeness (QED) is 0.580. The van der Waals surface area contributed by atoms with E-state index in [1.807, 2.05) is 24.9 Å². The molecule has 0 spiro atoms. The lowest BCUT2D eigenvalue weighted by molar-refractivity contribution is 0.835. The molecule has 0 radical (unpaired) electrons. The van der Waals surface area contributed by atoms with Crippen molar-refractivity contribution in [3.05, 3.63) is 23.4 Å². The summed E-state index contributed by atoms with van der Waals surface area (Å²) in [7, 11) is 1.97. The smallest absolute Gasteiger partial charge is 0.139 e. The molecule has 1 rings (SSSR count). The molecule has 3 N–H and O–H groups in total. The Kier molecular flexibility index (Phi) is 3.66. The van der Waals surface area contributed by atoms with Crippen LogP contribution in [0.15, 0.2) is 12.3 Å². The van der Waals surface area contributed by atoms with Crippen molar-refractivity contribution in [2.75, 3.05) is 18.5 Å². The van der Waals surface area contributed by atoms with Crippen LogP contribution in [0.2, 0.25) is 0 Å². The van der Waals surface area contributed by atoms with Crippen LogP contribution in [-0.2, 0) is 0 Å². The van der Waals surface area contributed by atoms with Gasteiger partial charge < -0.3 is 10.6 Å². The van der Waals surface area contributed by atoms with Crippen molar-refractivity contribution >= 4 is 11.7 Å². The summed E-state index contributed by atoms with van der Waals surface area (Å²) in [6, 6.07) is 1.88. The van der Waals surface area contributed by atoms with Crippen molar-refractivity contribution in [3.8, 4) is 0 Å². The fourth-order valence-corrected chi connectivity index (χ4v) is 1.61. The first kappa shape index (κ1) is 11.5. The van der Waals surface area contributed by atoms with Crippen LogP contribution in [0, 0.1) is 12.3 Å². The first-order valence-electron chi connectivity index (χ1n) is 5.09. The Balaban J connectivity index is 3.16. The maximum atomic E-state index is 7.55. The van der Waals surface area contributed by atoms with Gasteiger partial charge in [-0.25, -0.2) is 4.98 Å². The molecule has 4 heteroatoms. The highest BCUT2D eigenvalue weighted by Crippen LogP contribution is 2.19. The average Bonchev–Trinajstić information content (AvgIpc) is 2.17. The molecule has 0 atom stereocenters. The predicted octanol–water partition coefficient (Wildman–Crippen LogP) is 1.52. The molecular formula is C11H18N4. The molecule has 4 nitrogen and oxygen atoms in total. The van der Waals surface area contributed by atoms with E-state index in [0.29, 0.717) is 0 Å². The third-order valence-electron chi connectivity index (χ3n) is 2.33. The molecule has 0 saturated heterocycles. The molecule has 0 aliphatic rings. The fraction of sp³-hybridized carbons (Fsp3) is 0.455. The van der Waals surface area contributed by atoms with Crippen molar-refractivity contribution in [1.82, 2.24) is 4.98 Å². The summed E-state index contributed by atoms with van der Waals surface area (Å²) in [4.78, 5) is 6.32. The van der Waals surface area contributed by atoms with Gasteiger partial charge in [-0.15, -0.1) is 0 Å². The van der Waals surface area contributed by atoms with E-state index in [1.54, 1.807) is 6.20 Å². The topological polar surface area (TPSA) is 66.0 Å². The molecular weight excluding hydrogens is 188 g/mol. The SMILES string of the molecule is CCCN(C)c1nccc(C)c1C(=N)N. The average molecular weight is 206 g/mol. The minimum absolute atomic E-state index is 0.0820. The lowest BCUT2D eigenvalue weighted by atomic mass is 10.1. The van der Waals surface area contributed by atoms with Gasteiger partial charge in [-0.2, -0.15) is 0 Å². The molecule has 0 aromatic carbocycles. The van der Waals surface area contributed by atoms with E-state index in [9.17, 15) is 0 Å². The molecule has 0 unspecified atom stereocenters. The number of amidine groups is 1. The second-order valence-electron chi connectivity index (χ2n) is 3.66. The Morgan fingerprint density at radius 1 is 1.60 bits per heavy atom. The standard InChI is InChI=1S/C11H18N4/c1-4-7-15(3)11-9(10(12)13)8(2)5-6-14-11/h5-6H,4,7H2,1-3H3,(H3,12,13). The molecule has 0 fully saturated rings. The number of pyridine rings is 1. The van der Waals surface area contributed by atoms with Crippen LogP contribution in [0.5, 0.6) is 0 Å². The molecule has 15 heavy (non-hydrogen) atoms. The first-order valence-corrected chi connectivity index (χ1v) is 5.09. The highest BCUT2D eigenvalue weighted by atomic mass is 15.2. The van der Waals surface area contributed by atoms with E-state index in [1.165, 1.54) is 0 Å². The number of hydrogen-bond donors (Lipinski definition) is 2. The van der Waals surface area contributed by atoms with Gasteiger partial charge in [-0.3, -0.25) is 5.41 Å². The summed E-state index contributed by atoms with van der Waals surface area (Å²) in [5.41, 5.74) is 7.31. The van der Waals surface area contributed by atoms with Crippen LogP contribution in [-0.4, -0.2) is 24.4 Å². The van der Waals surface area contributed by atoms with Gasteiger partial charge in [-0.05, 0) is 25.0 Å². The third kappa shape index (κ3) is 2.46. The van der Waals surface area contributed by atoms with Crippen LogP contribution < -0.4 is 10.6 Å². The summed E-state index contributed by atoms with van der Waals surface area (Å²) in [6.45, 7) is 4.97. The Morgan fingerprint density at radius 2 is 2.27 bits per heavy atom. The summed E-state index contributed by atoms with van der Waals surface area (Å²) in [6.07, 6.45) is 2.80. The third-order valence-corrected chi connectivity index (χ3v) is 2.33. The summed E-state index contributed by atoms with van der Waals surface area (Å²) >= 11 is 0. The Bertz CT molecular complexity index is 360. The second-order valence-corrected chi connectivity index (χ2v) is 3.66. The minimum Gasteiger partial charge on any atom is -0.384 e. The number of anilines is 1. The molecule has 1 aromatic rings. The van der Waals surface area contributed by atoms with Crippen molar-refractivity contribution in [2.24, 2.45) is 5.73 Å². The number of hydrogen-bond acceptors (Lipinski definition) is 3. The van der Waals surface area contributed by atoms with E-state index in [-0.39, 0.29) is 5.84 Å². The monoisotopic (exact) mass is 206 g/mol. The highest BCUT2D eigenvalue weighted by molar-refractivity contribution is 6.00. The molecule has 0 bridgehead atoms. The van der Waals surface area contributed by atoms with Crippen molar-refractivity contribution < 1.29 is 0 Å². The Labute approximate surface area is 90.6 Å². The lowest BCUT2D eigenvalue weighted by Gasteiger charge is -2.21. The van der Waals surface area contributed by atoms with E-state index < -0.39 is 0 Å². The van der Waals surface area contributed by atoms with Gasteiger partial charge in [0.15, 0.2) is 0 Å². The maximum Gasteiger partial charge on any atom is 0.139 e. The minimum atomic E-state index is 0.0820. The molecule has 1 heterocycles. The van der Waals surface area contributed by atoms with Crippen LogP contribution in [0.3, 0.4) is 0 Å². The Hall–Kier alpha value is -1.58. The van der Waals surface area contributed by atoms with E-state index in [4.69, 9.17) is 11.1 Å². The van der Waals surface area contributed by atoms with Gasteiger partial charge in [0.1, 0.15) is 11.7 Å². The zero-order chi connectivity index (χ0) is 11.4. The van der Waals surface area contributed by atoms with Crippen LogP contribution >= 0.6 is 0 Å². The number of nitrogens with two attached hydrogens (primary N) is 1. The summed E-state index contributed by atoms with van der Waals surface area (Å²) in [5, 5.41) is 7.55. The van der Waals surface area contributed by atoms with Crippen LogP contribution in [0.1, 0.15) is 24.5 Å². The van der Waals surface area contributed by atoms with Gasteiger partial charge in [-0.1, -0.05) is 6.92 Å². The Morgan fingerprint density at radius 3 is 2.80 bits per heavy atom. The molecule has 0 saturated carbocycles. The van der Waals surface area contributed by atoms with Gasteiger partial charge >= 0.3 is 0 Å². The number of aromatic nitrogens is 1. The van der Waals surface area contributed by atoms with Gasteiger partial charge in [0.05, 0.1) is 5.56 Å². The number of nitrogens with one attached hydrogen (secondary N) is 1. The number of nitrogens with zero attached hydrogens (tertiary/aromatic N) is 2. The van der Waals surface area contributed by atoms with Crippen LogP contribution in [0.25, 0.3) is 0 Å². The molecule has 0 amide bonds. The largest absolute Gasteiger partial charge is 0.384 e. The van der Waals surface area contributed by atoms with E-state index in [2.05, 4.69) is 11.9 Å². The zero-order valence-electron chi connectivity index (χ0n) is 9.54. The van der Waals surface area contributed by atoms with Gasteiger partial charge in [0.2, 0.25) is 0 Å². The number of aryl methyl sites for hydroxylation is 1. The van der Waals surface area contributed by atoms with Crippen molar-refractivity contribution in [2.45, 2.75) is 20.3 Å². The van der Waals surface area contributed by atoms with Crippen molar-refractivity contribution in [1.29, 1.82) is 5.41 Å². The zero-order valence-corrected chi connectivity index (χ0v) is 9.54. The lowest BCUT2D eigenvalue weighted by Crippen LogP contribution is -2.25. The number of nitrogen functional groups attached to an aromatic ring is 1. The highest BCUT2D eigenvalue weighted by Gasteiger charge is 2.12. The van der Waals surface area contributed by atoms with E-state index in [0.717, 1.165) is 29.9 Å². The number of rotatable bonds is 4. The first-order chi connectivity index (χ1) is 7.07. The molecule has 0 aliphatic heterocycles. The predicted molar refractivity (Wildman–Crippen MR) is 63.6 cm³/mol. The summed E-state index contributed by atoms with van der Waals surface area (Å²) in [5.74, 6) is 0.878. The second kappa shape index (κ2) is 4.77. The van der Waals surface area contributed by atoms with E-state index >= 15 is 0 Å². The molecule has 1 aromatic heterocycles. The van der Waals surface area contributed by atoms with Gasteiger partial charge in [0.25, 0.3) is 0 Å². The molecule has 82 valence electrons. The molecule has 0 aliphatic carbocycles. The maximum absolute atomic E-state index is 7.55. The normalized spacial score (nSPS) is 10.1. The van der Waals surface area contributed by atoms with Gasteiger partial charge in [0, 0.05) is 19.8 Å². The van der Waals surface area contributed by atoms with Crippen LogP contribution in [0.4, 0.5) is 5.82 Å².